The van der Waals surface area contributed by atoms with Crippen LogP contribution in [-0.4, -0.2) is 53.3 Å². The minimum Gasteiger partial charge on any atom is -0.477 e. The Balaban J connectivity index is 2.44. The molecule has 0 aliphatic heterocycles. The van der Waals surface area contributed by atoms with E-state index < -0.39 is 42.2 Å². The molecule has 1 fully saturated rings. The standard InChI is InChI=1S/C30H45NO10/c1-7-19(4)31-30(27(33)34,41-26(32)23-13-11-10-12-14-23)18-22-15-16-24(39-28(35)37-20(5)8-2)25(17-22)40-29(36)38-21(6)9-3/h15-17,19-21,23,31H,7-14,18H2,1-6H3,(H,33,34)/t19?,20?,21?,30-/m0/s1. The number of carbonyl (C=O) groups excluding carboxylic acids is 3. The van der Waals surface area contributed by atoms with Crippen LogP contribution in [0.25, 0.3) is 0 Å². The molecule has 0 amide bonds. The van der Waals surface area contributed by atoms with E-state index in [1.165, 1.54) is 18.2 Å². The Bertz CT molecular complexity index is 1040. The fraction of sp³-hybridized carbons (Fsp3) is 0.667. The smallest absolute Gasteiger partial charge is 0.477 e. The minimum absolute atomic E-state index is 0.127. The summed E-state index contributed by atoms with van der Waals surface area (Å²) in [7, 11) is 0. The molecule has 0 heterocycles. The van der Waals surface area contributed by atoms with Crippen molar-refractivity contribution in [1.82, 2.24) is 5.32 Å². The Morgan fingerprint density at radius 2 is 1.44 bits per heavy atom. The maximum absolute atomic E-state index is 13.1. The lowest BCUT2D eigenvalue weighted by molar-refractivity contribution is -0.188. The van der Waals surface area contributed by atoms with Crippen molar-refractivity contribution in [2.24, 2.45) is 5.92 Å². The molecule has 0 aromatic heterocycles. The van der Waals surface area contributed by atoms with Crippen molar-refractivity contribution in [3.05, 3.63) is 23.8 Å². The molecule has 2 rings (SSSR count). The molecule has 0 spiro atoms. The van der Waals surface area contributed by atoms with Gasteiger partial charge in [-0.05, 0) is 70.6 Å². The summed E-state index contributed by atoms with van der Waals surface area (Å²) in [5, 5.41) is 13.4. The molecule has 230 valence electrons. The summed E-state index contributed by atoms with van der Waals surface area (Å²) >= 11 is 0. The molecule has 1 aliphatic carbocycles. The lowest BCUT2D eigenvalue weighted by Gasteiger charge is -2.35. The largest absolute Gasteiger partial charge is 0.514 e. The van der Waals surface area contributed by atoms with Crippen LogP contribution in [0.15, 0.2) is 18.2 Å². The second-order valence-electron chi connectivity index (χ2n) is 10.7. The van der Waals surface area contributed by atoms with E-state index in [-0.39, 0.29) is 29.9 Å². The molecule has 2 N–H and O–H groups in total. The number of carbonyl (C=O) groups is 4. The van der Waals surface area contributed by atoms with E-state index in [1.807, 2.05) is 20.8 Å². The van der Waals surface area contributed by atoms with E-state index in [9.17, 15) is 24.3 Å². The number of carboxylic acids is 1. The zero-order chi connectivity index (χ0) is 30.6. The molecule has 0 radical (unpaired) electrons. The zero-order valence-corrected chi connectivity index (χ0v) is 25.0. The first-order valence-corrected chi connectivity index (χ1v) is 14.6. The SMILES string of the molecule is CCC(C)N[C@@](Cc1ccc(OC(=O)OC(C)CC)c(OC(=O)OC(C)CC)c1)(OC(=O)C1CCCCC1)C(=O)O. The van der Waals surface area contributed by atoms with Gasteiger partial charge in [0.2, 0.25) is 0 Å². The number of aliphatic carboxylic acids is 1. The van der Waals surface area contributed by atoms with E-state index in [2.05, 4.69) is 5.32 Å². The van der Waals surface area contributed by atoms with Crippen molar-refractivity contribution in [2.45, 2.75) is 123 Å². The quantitative estimate of drug-likeness (QED) is 0.113. The minimum atomic E-state index is -2.09. The number of rotatable bonds is 14. The zero-order valence-electron chi connectivity index (χ0n) is 25.0. The van der Waals surface area contributed by atoms with Crippen LogP contribution in [0.4, 0.5) is 9.59 Å². The van der Waals surface area contributed by atoms with Gasteiger partial charge in [-0.25, -0.2) is 14.4 Å². The third-order valence-electron chi connectivity index (χ3n) is 7.24. The molecule has 41 heavy (non-hydrogen) atoms. The Kier molecular flexibility index (Phi) is 13.4. The van der Waals surface area contributed by atoms with Crippen LogP contribution in [-0.2, 0) is 30.2 Å². The Morgan fingerprint density at radius 3 is 1.95 bits per heavy atom. The molecule has 11 nitrogen and oxygen atoms in total. The fourth-order valence-electron chi connectivity index (χ4n) is 4.23. The summed E-state index contributed by atoms with van der Waals surface area (Å²) in [6, 6.07) is 3.92. The van der Waals surface area contributed by atoms with Crippen LogP contribution in [0.3, 0.4) is 0 Å². The first-order valence-electron chi connectivity index (χ1n) is 14.6. The Morgan fingerprint density at radius 1 is 0.878 bits per heavy atom. The van der Waals surface area contributed by atoms with Gasteiger partial charge in [-0.1, -0.05) is 46.1 Å². The first kappa shape index (κ1) is 33.9. The van der Waals surface area contributed by atoms with Gasteiger partial charge < -0.3 is 28.8 Å². The number of esters is 1. The number of hydrogen-bond donors (Lipinski definition) is 2. The van der Waals surface area contributed by atoms with Gasteiger partial charge in [-0.2, -0.15) is 0 Å². The van der Waals surface area contributed by atoms with Crippen LogP contribution < -0.4 is 14.8 Å². The van der Waals surface area contributed by atoms with E-state index in [1.54, 1.807) is 20.8 Å². The highest BCUT2D eigenvalue weighted by molar-refractivity contribution is 5.83. The summed E-state index contributed by atoms with van der Waals surface area (Å²) in [5.41, 5.74) is -1.75. The van der Waals surface area contributed by atoms with Gasteiger partial charge in [0.15, 0.2) is 11.5 Å². The fourth-order valence-corrected chi connectivity index (χ4v) is 4.23. The summed E-state index contributed by atoms with van der Waals surface area (Å²) in [5.74, 6) is -2.61. The Hall–Kier alpha value is -3.34. The Labute approximate surface area is 242 Å². The highest BCUT2D eigenvalue weighted by Gasteiger charge is 2.45. The molecule has 0 bridgehead atoms. The molecule has 11 heteroatoms. The van der Waals surface area contributed by atoms with Crippen molar-refractivity contribution < 1.29 is 48.0 Å². The van der Waals surface area contributed by atoms with Gasteiger partial charge in [-0.3, -0.25) is 10.1 Å². The summed E-state index contributed by atoms with van der Waals surface area (Å²) in [6.45, 7) is 10.8. The second kappa shape index (κ2) is 16.2. The predicted octanol–water partition coefficient (Wildman–Crippen LogP) is 6.15. The normalized spacial score (nSPS) is 17.3. The molecule has 1 saturated carbocycles. The molecular weight excluding hydrogens is 534 g/mol. The average Bonchev–Trinajstić information content (AvgIpc) is 2.94. The molecule has 0 saturated heterocycles. The predicted molar refractivity (Wildman–Crippen MR) is 150 cm³/mol. The lowest BCUT2D eigenvalue weighted by atomic mass is 9.89. The van der Waals surface area contributed by atoms with Crippen molar-refractivity contribution >= 4 is 24.2 Å². The van der Waals surface area contributed by atoms with Crippen molar-refractivity contribution in [1.29, 1.82) is 0 Å². The summed E-state index contributed by atoms with van der Waals surface area (Å²) in [6.07, 6.45) is 2.64. The van der Waals surface area contributed by atoms with Crippen molar-refractivity contribution in [3.63, 3.8) is 0 Å². The van der Waals surface area contributed by atoms with Gasteiger partial charge in [0.1, 0.15) is 12.2 Å². The highest BCUT2D eigenvalue weighted by atomic mass is 16.7. The topological polar surface area (TPSA) is 147 Å². The average molecular weight is 580 g/mol. The summed E-state index contributed by atoms with van der Waals surface area (Å²) in [4.78, 5) is 50.6. The molecular formula is C30H45NO10. The monoisotopic (exact) mass is 579 g/mol. The molecule has 1 aliphatic rings. The maximum Gasteiger partial charge on any atom is 0.514 e. The van der Waals surface area contributed by atoms with Crippen molar-refractivity contribution in [3.8, 4) is 11.5 Å². The van der Waals surface area contributed by atoms with E-state index in [0.29, 0.717) is 37.7 Å². The number of ether oxygens (including phenoxy) is 5. The van der Waals surface area contributed by atoms with Gasteiger partial charge in [-0.15, -0.1) is 0 Å². The van der Waals surface area contributed by atoms with Gasteiger partial charge in [0, 0.05) is 12.5 Å². The number of benzene rings is 1. The van der Waals surface area contributed by atoms with Crippen LogP contribution in [0, 0.1) is 5.92 Å². The third-order valence-corrected chi connectivity index (χ3v) is 7.24. The van der Waals surface area contributed by atoms with Gasteiger partial charge in [0.25, 0.3) is 5.72 Å². The lowest BCUT2D eigenvalue weighted by Crippen LogP contribution is -2.60. The maximum atomic E-state index is 13.1. The second-order valence-corrected chi connectivity index (χ2v) is 10.7. The van der Waals surface area contributed by atoms with E-state index in [0.717, 1.165) is 19.3 Å². The molecule has 1 aromatic carbocycles. The van der Waals surface area contributed by atoms with E-state index >= 15 is 0 Å². The van der Waals surface area contributed by atoms with Gasteiger partial charge in [0.05, 0.1) is 5.92 Å². The van der Waals surface area contributed by atoms with Crippen LogP contribution in [0.2, 0.25) is 0 Å². The van der Waals surface area contributed by atoms with Crippen LogP contribution >= 0.6 is 0 Å². The number of hydrogen-bond acceptors (Lipinski definition) is 10. The number of carboxylic acid groups (broad SMARTS) is 1. The molecule has 3 unspecified atom stereocenters. The van der Waals surface area contributed by atoms with Crippen LogP contribution in [0.1, 0.15) is 98.5 Å². The highest BCUT2D eigenvalue weighted by Crippen LogP contribution is 2.33. The van der Waals surface area contributed by atoms with Gasteiger partial charge >= 0.3 is 24.2 Å². The number of nitrogens with one attached hydrogen (secondary N) is 1. The summed E-state index contributed by atoms with van der Waals surface area (Å²) < 4.78 is 26.8. The molecule has 4 atom stereocenters. The van der Waals surface area contributed by atoms with E-state index in [4.69, 9.17) is 23.7 Å². The van der Waals surface area contributed by atoms with Crippen molar-refractivity contribution in [2.75, 3.05) is 0 Å². The molecule has 1 aromatic rings. The van der Waals surface area contributed by atoms with Crippen LogP contribution in [0.5, 0.6) is 11.5 Å². The third kappa shape index (κ3) is 10.5. The first-order chi connectivity index (χ1) is 19.4.